The van der Waals surface area contributed by atoms with Gasteiger partial charge in [0.05, 0.1) is 12.8 Å². The molecule has 0 aliphatic carbocycles. The van der Waals surface area contributed by atoms with E-state index in [0.29, 0.717) is 35.4 Å². The summed E-state index contributed by atoms with van der Waals surface area (Å²) in [6.07, 6.45) is 0. The molecular formula is C15H15ClFNO2. The molecule has 0 aliphatic heterocycles. The van der Waals surface area contributed by atoms with Crippen LogP contribution in [0.3, 0.4) is 0 Å². The van der Waals surface area contributed by atoms with E-state index in [2.05, 4.69) is 5.32 Å². The molecule has 0 unspecified atom stereocenters. The van der Waals surface area contributed by atoms with Crippen molar-refractivity contribution in [1.29, 1.82) is 0 Å². The lowest BCUT2D eigenvalue weighted by Gasteiger charge is -2.11. The third-order valence-electron chi connectivity index (χ3n) is 2.67. The van der Waals surface area contributed by atoms with Crippen molar-refractivity contribution in [1.82, 2.24) is 0 Å². The standard InChI is InChI=1S/C15H15ClFNO2/c1-19-14-4-2-3-5-15(14)20-9-8-18-13-10-11(16)6-7-12(13)17/h2-7,10,18H,8-9H2,1H3. The first-order valence-electron chi connectivity index (χ1n) is 6.15. The molecule has 0 saturated heterocycles. The second-order valence-corrected chi connectivity index (χ2v) is 4.49. The number of hydrogen-bond donors (Lipinski definition) is 1. The first kappa shape index (κ1) is 14.5. The molecule has 0 saturated carbocycles. The molecule has 2 aromatic carbocycles. The Labute approximate surface area is 122 Å². The van der Waals surface area contributed by atoms with E-state index in [1.54, 1.807) is 13.2 Å². The molecular weight excluding hydrogens is 281 g/mol. The molecule has 0 amide bonds. The van der Waals surface area contributed by atoms with Gasteiger partial charge in [0.25, 0.3) is 0 Å². The predicted molar refractivity (Wildman–Crippen MR) is 78.4 cm³/mol. The van der Waals surface area contributed by atoms with Gasteiger partial charge in [0.1, 0.15) is 12.4 Å². The number of anilines is 1. The van der Waals surface area contributed by atoms with Crippen molar-refractivity contribution >= 4 is 17.3 Å². The summed E-state index contributed by atoms with van der Waals surface area (Å²) in [6.45, 7) is 0.835. The second kappa shape index (κ2) is 7.01. The number of nitrogens with one attached hydrogen (secondary N) is 1. The molecule has 0 fully saturated rings. The molecule has 2 aromatic rings. The predicted octanol–water partition coefficient (Wildman–Crippen LogP) is 3.98. The van der Waals surface area contributed by atoms with Gasteiger partial charge in [0.2, 0.25) is 0 Å². The normalized spacial score (nSPS) is 10.2. The Bertz CT molecular complexity index is 578. The summed E-state index contributed by atoms with van der Waals surface area (Å²) < 4.78 is 24.2. The molecule has 20 heavy (non-hydrogen) atoms. The van der Waals surface area contributed by atoms with Gasteiger partial charge in [-0.15, -0.1) is 0 Å². The van der Waals surface area contributed by atoms with E-state index in [0.717, 1.165) is 0 Å². The summed E-state index contributed by atoms with van der Waals surface area (Å²) in [5.41, 5.74) is 0.362. The Morgan fingerprint density at radius 1 is 1.15 bits per heavy atom. The van der Waals surface area contributed by atoms with Gasteiger partial charge in [-0.25, -0.2) is 4.39 Å². The zero-order valence-corrected chi connectivity index (χ0v) is 11.8. The highest BCUT2D eigenvalue weighted by Crippen LogP contribution is 2.25. The molecule has 3 nitrogen and oxygen atoms in total. The zero-order chi connectivity index (χ0) is 14.4. The summed E-state index contributed by atoms with van der Waals surface area (Å²) in [4.78, 5) is 0. The highest BCUT2D eigenvalue weighted by Gasteiger charge is 2.04. The number of methoxy groups -OCH3 is 1. The zero-order valence-electron chi connectivity index (χ0n) is 11.0. The van der Waals surface area contributed by atoms with Crippen molar-refractivity contribution in [2.75, 3.05) is 25.6 Å². The van der Waals surface area contributed by atoms with Gasteiger partial charge in [-0.1, -0.05) is 23.7 Å². The summed E-state index contributed by atoms with van der Waals surface area (Å²) >= 11 is 5.81. The van der Waals surface area contributed by atoms with Crippen LogP contribution in [-0.4, -0.2) is 20.3 Å². The Hall–Kier alpha value is -1.94. The smallest absolute Gasteiger partial charge is 0.161 e. The van der Waals surface area contributed by atoms with E-state index >= 15 is 0 Å². The minimum atomic E-state index is -0.341. The van der Waals surface area contributed by atoms with Crippen molar-refractivity contribution in [3.63, 3.8) is 0 Å². The first-order valence-corrected chi connectivity index (χ1v) is 6.53. The van der Waals surface area contributed by atoms with Crippen LogP contribution in [0, 0.1) is 5.82 Å². The van der Waals surface area contributed by atoms with Crippen LogP contribution >= 0.6 is 11.6 Å². The topological polar surface area (TPSA) is 30.5 Å². The Kier molecular flexibility index (Phi) is 5.07. The summed E-state index contributed by atoms with van der Waals surface area (Å²) in [5, 5.41) is 3.42. The largest absolute Gasteiger partial charge is 0.493 e. The van der Waals surface area contributed by atoms with Crippen molar-refractivity contribution in [3.8, 4) is 11.5 Å². The van der Waals surface area contributed by atoms with Crippen LogP contribution in [0.25, 0.3) is 0 Å². The number of ether oxygens (including phenoxy) is 2. The third-order valence-corrected chi connectivity index (χ3v) is 2.91. The quantitative estimate of drug-likeness (QED) is 0.818. The molecule has 0 bridgehead atoms. The minimum Gasteiger partial charge on any atom is -0.493 e. The van der Waals surface area contributed by atoms with Crippen LogP contribution in [0.1, 0.15) is 0 Å². The number of hydrogen-bond acceptors (Lipinski definition) is 3. The highest BCUT2D eigenvalue weighted by molar-refractivity contribution is 6.30. The van der Waals surface area contributed by atoms with Gasteiger partial charge in [0, 0.05) is 11.6 Å². The molecule has 5 heteroatoms. The van der Waals surface area contributed by atoms with Crippen LogP contribution in [-0.2, 0) is 0 Å². The molecule has 1 N–H and O–H groups in total. The maximum absolute atomic E-state index is 13.5. The Morgan fingerprint density at radius 2 is 1.90 bits per heavy atom. The van der Waals surface area contributed by atoms with Gasteiger partial charge in [0.15, 0.2) is 11.5 Å². The fourth-order valence-electron chi connectivity index (χ4n) is 1.72. The van der Waals surface area contributed by atoms with E-state index in [9.17, 15) is 4.39 Å². The van der Waals surface area contributed by atoms with E-state index in [1.165, 1.54) is 12.1 Å². The second-order valence-electron chi connectivity index (χ2n) is 4.05. The van der Waals surface area contributed by atoms with Crippen LogP contribution < -0.4 is 14.8 Å². The molecule has 0 aliphatic rings. The van der Waals surface area contributed by atoms with E-state index < -0.39 is 0 Å². The number of para-hydroxylation sites is 2. The Balaban J connectivity index is 1.86. The van der Waals surface area contributed by atoms with Crippen LogP contribution in [0.2, 0.25) is 5.02 Å². The average molecular weight is 296 g/mol. The fraction of sp³-hybridized carbons (Fsp3) is 0.200. The maximum Gasteiger partial charge on any atom is 0.161 e. The van der Waals surface area contributed by atoms with E-state index in [4.69, 9.17) is 21.1 Å². The first-order chi connectivity index (χ1) is 9.70. The van der Waals surface area contributed by atoms with Crippen molar-refractivity contribution < 1.29 is 13.9 Å². The molecule has 106 valence electrons. The molecule has 0 aromatic heterocycles. The Morgan fingerprint density at radius 3 is 2.65 bits per heavy atom. The van der Waals surface area contributed by atoms with Gasteiger partial charge < -0.3 is 14.8 Å². The van der Waals surface area contributed by atoms with Gasteiger partial charge >= 0.3 is 0 Å². The number of rotatable bonds is 6. The monoisotopic (exact) mass is 295 g/mol. The molecule has 0 atom stereocenters. The average Bonchev–Trinajstić information content (AvgIpc) is 2.47. The number of benzene rings is 2. The van der Waals surface area contributed by atoms with E-state index in [1.807, 2.05) is 24.3 Å². The highest BCUT2D eigenvalue weighted by atomic mass is 35.5. The van der Waals surface area contributed by atoms with Crippen LogP contribution in [0.4, 0.5) is 10.1 Å². The molecule has 0 radical (unpaired) electrons. The summed E-state index contributed by atoms with van der Waals surface area (Å²) in [5.74, 6) is 0.983. The summed E-state index contributed by atoms with van der Waals surface area (Å²) in [6, 6.07) is 11.7. The fourth-order valence-corrected chi connectivity index (χ4v) is 1.89. The minimum absolute atomic E-state index is 0.341. The summed E-state index contributed by atoms with van der Waals surface area (Å²) in [7, 11) is 1.59. The lowest BCUT2D eigenvalue weighted by molar-refractivity contribution is 0.305. The number of halogens is 2. The van der Waals surface area contributed by atoms with Crippen LogP contribution in [0.15, 0.2) is 42.5 Å². The maximum atomic E-state index is 13.5. The third kappa shape index (κ3) is 3.78. The molecule has 0 spiro atoms. The molecule has 0 heterocycles. The van der Waals surface area contributed by atoms with E-state index in [-0.39, 0.29) is 5.82 Å². The van der Waals surface area contributed by atoms with Crippen LogP contribution in [0.5, 0.6) is 11.5 Å². The molecule has 2 rings (SSSR count). The van der Waals surface area contributed by atoms with Crippen molar-refractivity contribution in [2.45, 2.75) is 0 Å². The SMILES string of the molecule is COc1ccccc1OCCNc1cc(Cl)ccc1F. The lowest BCUT2D eigenvalue weighted by Crippen LogP contribution is -2.12. The lowest BCUT2D eigenvalue weighted by atomic mass is 10.3. The van der Waals surface area contributed by atoms with Gasteiger partial charge in [-0.2, -0.15) is 0 Å². The van der Waals surface area contributed by atoms with Gasteiger partial charge in [-0.05, 0) is 30.3 Å². The van der Waals surface area contributed by atoms with Gasteiger partial charge in [-0.3, -0.25) is 0 Å². The van der Waals surface area contributed by atoms with Crippen molar-refractivity contribution in [2.24, 2.45) is 0 Å². The van der Waals surface area contributed by atoms with Crippen molar-refractivity contribution in [3.05, 3.63) is 53.3 Å².